The van der Waals surface area contributed by atoms with Crippen LogP contribution in [-0.4, -0.2) is 66.5 Å². The molecule has 0 saturated heterocycles. The van der Waals surface area contributed by atoms with Crippen molar-refractivity contribution in [3.05, 3.63) is 0 Å². The molecule has 5 N–H and O–H groups in total. The summed E-state index contributed by atoms with van der Waals surface area (Å²) in [5.74, 6) is -2.22. The average molecular weight is 341 g/mol. The van der Waals surface area contributed by atoms with Gasteiger partial charge in [-0.1, -0.05) is 0 Å². The Balaban J connectivity index is 3.16. The molecule has 1 aliphatic rings. The minimum Gasteiger partial charge on any atom is -0.487 e. The van der Waals surface area contributed by atoms with E-state index in [1.54, 1.807) is 4.90 Å². The number of nitrogens with zero attached hydrogens (tertiary/aromatic N) is 3. The molecule has 1 saturated carbocycles. The molecule has 0 aromatic heterocycles. The van der Waals surface area contributed by atoms with Crippen LogP contribution < -0.4 is 11.5 Å². The molecule has 136 valence electrons. The topological polar surface area (TPSA) is 144 Å². The number of carboxylic acids is 1. The van der Waals surface area contributed by atoms with E-state index in [1.807, 2.05) is 13.8 Å². The van der Waals surface area contributed by atoms with Crippen LogP contribution in [0.4, 0.5) is 0 Å². The smallest absolute Gasteiger partial charge is 0.306 e. The predicted octanol–water partition coefficient (Wildman–Crippen LogP) is -0.349. The van der Waals surface area contributed by atoms with Crippen LogP contribution in [0.25, 0.3) is 0 Å². The molecule has 4 atom stereocenters. The first-order valence-electron chi connectivity index (χ1n) is 8.00. The van der Waals surface area contributed by atoms with Crippen molar-refractivity contribution in [2.24, 2.45) is 33.3 Å². The fourth-order valence-corrected chi connectivity index (χ4v) is 3.14. The Morgan fingerprint density at radius 3 is 2.42 bits per heavy atom. The van der Waals surface area contributed by atoms with Gasteiger partial charge in [0.1, 0.15) is 6.04 Å². The van der Waals surface area contributed by atoms with Crippen LogP contribution in [0.2, 0.25) is 0 Å². The summed E-state index contributed by atoms with van der Waals surface area (Å²) in [7, 11) is 1.44. The number of rotatable bonds is 8. The molecule has 0 bridgehead atoms. The Morgan fingerprint density at radius 2 is 1.96 bits per heavy atom. The standard InChI is InChI=1S/C15H27N5O4/c1-4-20(5-2)13(21)12(18-8-24-3)10-6-9(14(22)23)7-11(10)19-15(16)17/h8-12H,4-7H2,1-3H3,(H,22,23)(H4,16,17,19)/t9?,10-,11-,12?/m0/s1. The highest BCUT2D eigenvalue weighted by atomic mass is 16.5. The second-order valence-corrected chi connectivity index (χ2v) is 5.74. The van der Waals surface area contributed by atoms with Crippen molar-refractivity contribution < 1.29 is 19.4 Å². The lowest BCUT2D eigenvalue weighted by molar-refractivity contribution is -0.142. The van der Waals surface area contributed by atoms with Gasteiger partial charge in [0.05, 0.1) is 19.1 Å². The lowest BCUT2D eigenvalue weighted by Crippen LogP contribution is -2.44. The number of carboxylic acid groups (broad SMARTS) is 1. The number of methoxy groups -OCH3 is 1. The first kappa shape index (κ1) is 19.7. The summed E-state index contributed by atoms with van der Waals surface area (Å²) in [4.78, 5) is 34.2. The molecule has 1 aliphatic carbocycles. The van der Waals surface area contributed by atoms with Crippen molar-refractivity contribution in [2.45, 2.75) is 38.8 Å². The van der Waals surface area contributed by atoms with Gasteiger partial charge < -0.3 is 26.2 Å². The second kappa shape index (κ2) is 9.09. The molecule has 0 aromatic rings. The number of guanidine groups is 1. The predicted molar refractivity (Wildman–Crippen MR) is 90.7 cm³/mol. The van der Waals surface area contributed by atoms with Crippen LogP contribution in [0.3, 0.4) is 0 Å². The van der Waals surface area contributed by atoms with Crippen LogP contribution in [-0.2, 0) is 14.3 Å². The van der Waals surface area contributed by atoms with Crippen molar-refractivity contribution in [3.63, 3.8) is 0 Å². The van der Waals surface area contributed by atoms with E-state index in [0.717, 1.165) is 0 Å². The molecular weight excluding hydrogens is 314 g/mol. The highest BCUT2D eigenvalue weighted by Gasteiger charge is 2.45. The Kier molecular flexibility index (Phi) is 7.47. The van der Waals surface area contributed by atoms with E-state index in [-0.39, 0.29) is 24.7 Å². The van der Waals surface area contributed by atoms with Crippen molar-refractivity contribution in [1.29, 1.82) is 0 Å². The maximum absolute atomic E-state index is 12.8. The van der Waals surface area contributed by atoms with Gasteiger partial charge in [-0.05, 0) is 26.7 Å². The summed E-state index contributed by atoms with van der Waals surface area (Å²) in [6.07, 6.45) is 1.77. The zero-order valence-corrected chi connectivity index (χ0v) is 14.4. The minimum atomic E-state index is -0.918. The fourth-order valence-electron chi connectivity index (χ4n) is 3.14. The first-order chi connectivity index (χ1) is 11.3. The molecule has 2 unspecified atom stereocenters. The van der Waals surface area contributed by atoms with Crippen LogP contribution in [0.15, 0.2) is 9.98 Å². The first-order valence-corrected chi connectivity index (χ1v) is 8.00. The lowest BCUT2D eigenvalue weighted by Gasteiger charge is -2.28. The summed E-state index contributed by atoms with van der Waals surface area (Å²) >= 11 is 0. The minimum absolute atomic E-state index is 0.124. The molecule has 1 amide bonds. The molecule has 1 rings (SSSR count). The van der Waals surface area contributed by atoms with Gasteiger partial charge in [0.15, 0.2) is 12.4 Å². The van der Waals surface area contributed by atoms with E-state index in [4.69, 9.17) is 16.2 Å². The van der Waals surface area contributed by atoms with Gasteiger partial charge in [-0.15, -0.1) is 0 Å². The highest BCUT2D eigenvalue weighted by molar-refractivity contribution is 5.84. The Hall–Kier alpha value is -2.32. The van der Waals surface area contributed by atoms with Gasteiger partial charge in [0, 0.05) is 19.0 Å². The Bertz CT molecular complexity index is 500. The molecular formula is C15H27N5O4. The maximum Gasteiger partial charge on any atom is 0.306 e. The third kappa shape index (κ3) is 4.84. The SMILES string of the molecule is CCN(CC)C(=O)C(N=COC)[C@H]1CC(C(=O)O)C[C@@H]1N=C(N)N. The zero-order chi connectivity index (χ0) is 18.3. The molecule has 0 heterocycles. The summed E-state index contributed by atoms with van der Waals surface area (Å²) < 4.78 is 4.86. The number of carbonyl (C=O) groups excluding carboxylic acids is 1. The molecule has 0 aliphatic heterocycles. The van der Waals surface area contributed by atoms with Crippen LogP contribution >= 0.6 is 0 Å². The van der Waals surface area contributed by atoms with E-state index >= 15 is 0 Å². The van der Waals surface area contributed by atoms with Crippen molar-refractivity contribution in [1.82, 2.24) is 4.90 Å². The van der Waals surface area contributed by atoms with Gasteiger partial charge in [0.2, 0.25) is 5.91 Å². The van der Waals surface area contributed by atoms with Crippen LogP contribution in [0.1, 0.15) is 26.7 Å². The summed E-state index contributed by atoms with van der Waals surface area (Å²) in [5, 5.41) is 9.31. The summed E-state index contributed by atoms with van der Waals surface area (Å²) in [5.41, 5.74) is 10.9. The van der Waals surface area contributed by atoms with Gasteiger partial charge >= 0.3 is 5.97 Å². The summed E-state index contributed by atoms with van der Waals surface area (Å²) in [6, 6.07) is -1.24. The number of ether oxygens (including phenoxy) is 1. The molecule has 24 heavy (non-hydrogen) atoms. The quantitative estimate of drug-likeness (QED) is 0.407. The third-order valence-electron chi connectivity index (χ3n) is 4.30. The van der Waals surface area contributed by atoms with Crippen LogP contribution in [0, 0.1) is 11.8 Å². The molecule has 1 fully saturated rings. The van der Waals surface area contributed by atoms with E-state index in [9.17, 15) is 14.7 Å². The van der Waals surface area contributed by atoms with Gasteiger partial charge in [-0.2, -0.15) is 0 Å². The van der Waals surface area contributed by atoms with Gasteiger partial charge in [-0.3, -0.25) is 9.59 Å². The highest BCUT2D eigenvalue weighted by Crippen LogP contribution is 2.37. The molecule has 0 radical (unpaired) electrons. The number of amides is 1. The number of aliphatic carboxylic acids is 1. The lowest BCUT2D eigenvalue weighted by atomic mass is 9.93. The number of hydrogen-bond donors (Lipinski definition) is 3. The van der Waals surface area contributed by atoms with Gasteiger partial charge in [0.25, 0.3) is 0 Å². The Labute approximate surface area is 141 Å². The van der Waals surface area contributed by atoms with Crippen molar-refractivity contribution in [2.75, 3.05) is 20.2 Å². The average Bonchev–Trinajstić information content (AvgIpc) is 2.92. The summed E-state index contributed by atoms with van der Waals surface area (Å²) in [6.45, 7) is 4.83. The van der Waals surface area contributed by atoms with E-state index in [1.165, 1.54) is 13.5 Å². The van der Waals surface area contributed by atoms with Crippen molar-refractivity contribution in [3.8, 4) is 0 Å². The number of likely N-dealkylation sites (N-methyl/N-ethyl adjacent to an activating group) is 1. The molecule has 0 aromatic carbocycles. The monoisotopic (exact) mass is 341 g/mol. The third-order valence-corrected chi connectivity index (χ3v) is 4.30. The number of hydrogen-bond acceptors (Lipinski definition) is 5. The zero-order valence-electron chi connectivity index (χ0n) is 14.4. The van der Waals surface area contributed by atoms with Crippen LogP contribution in [0.5, 0.6) is 0 Å². The fraction of sp³-hybridized carbons (Fsp3) is 0.733. The van der Waals surface area contributed by atoms with E-state index < -0.39 is 29.9 Å². The molecule has 9 heteroatoms. The van der Waals surface area contributed by atoms with Crippen molar-refractivity contribution >= 4 is 24.2 Å². The molecule has 0 spiro atoms. The number of nitrogens with two attached hydrogens (primary N) is 2. The van der Waals surface area contributed by atoms with E-state index in [0.29, 0.717) is 13.1 Å². The normalized spacial score (nSPS) is 24.5. The maximum atomic E-state index is 12.8. The number of aliphatic imine (C=N–C) groups is 2. The number of carbonyl (C=O) groups is 2. The molecule has 9 nitrogen and oxygen atoms in total. The second-order valence-electron chi connectivity index (χ2n) is 5.74. The van der Waals surface area contributed by atoms with Gasteiger partial charge in [-0.25, -0.2) is 9.98 Å². The Morgan fingerprint density at radius 1 is 1.33 bits per heavy atom. The largest absolute Gasteiger partial charge is 0.487 e. The van der Waals surface area contributed by atoms with E-state index in [2.05, 4.69) is 9.98 Å².